The van der Waals surface area contributed by atoms with Crippen molar-refractivity contribution in [1.29, 1.82) is 0 Å². The largest absolute Gasteiger partial charge is 0.385 e. The third-order valence-corrected chi connectivity index (χ3v) is 7.13. The topological polar surface area (TPSA) is 40.5 Å². The van der Waals surface area contributed by atoms with Crippen LogP contribution in [-0.2, 0) is 0 Å². The molecule has 26 heavy (non-hydrogen) atoms. The summed E-state index contributed by atoms with van der Waals surface area (Å²) in [5, 5.41) is 20.1. The summed E-state index contributed by atoms with van der Waals surface area (Å²) < 4.78 is 0. The molecular weight excluding hydrogens is 320 g/mol. The first-order valence-electron chi connectivity index (χ1n) is 10.6. The van der Waals surface area contributed by atoms with Crippen LogP contribution >= 0.6 is 0 Å². The van der Waals surface area contributed by atoms with Crippen molar-refractivity contribution < 1.29 is 10.2 Å². The fourth-order valence-corrected chi connectivity index (χ4v) is 5.03. The number of aliphatic hydroxyl groups is 2. The van der Waals surface area contributed by atoms with Gasteiger partial charge < -0.3 is 10.2 Å². The second kappa shape index (κ2) is 8.27. The average molecular weight is 357 g/mol. The van der Waals surface area contributed by atoms with E-state index in [0.29, 0.717) is 11.8 Å². The minimum atomic E-state index is -0.566. The van der Waals surface area contributed by atoms with Gasteiger partial charge in [0.15, 0.2) is 0 Å². The zero-order valence-corrected chi connectivity index (χ0v) is 16.3. The highest BCUT2D eigenvalue weighted by atomic mass is 16.3. The minimum Gasteiger partial charge on any atom is -0.385 e. The predicted octanol–water partition coefficient (Wildman–Crippen LogP) is 5.63. The van der Waals surface area contributed by atoms with Gasteiger partial charge in [-0.1, -0.05) is 35.5 Å². The van der Waals surface area contributed by atoms with Gasteiger partial charge in [0.2, 0.25) is 0 Å². The third-order valence-electron chi connectivity index (χ3n) is 7.13. The fraction of sp³-hybridized carbons (Fsp3) is 0.667. The van der Waals surface area contributed by atoms with Crippen LogP contribution in [-0.4, -0.2) is 21.4 Å². The summed E-state index contributed by atoms with van der Waals surface area (Å²) in [6, 6.07) is 0. The highest BCUT2D eigenvalue weighted by molar-refractivity contribution is 5.24. The van der Waals surface area contributed by atoms with E-state index < -0.39 is 11.2 Å². The molecule has 2 fully saturated rings. The van der Waals surface area contributed by atoms with E-state index in [9.17, 15) is 10.2 Å². The number of allylic oxidation sites excluding steroid dienone is 2. The van der Waals surface area contributed by atoms with Crippen molar-refractivity contribution in [2.24, 2.45) is 11.8 Å². The zero-order valence-electron chi connectivity index (χ0n) is 16.3. The zero-order chi connectivity index (χ0) is 18.6. The van der Waals surface area contributed by atoms with Crippen molar-refractivity contribution in [3.63, 3.8) is 0 Å². The molecule has 0 spiro atoms. The maximum Gasteiger partial charge on any atom is 0.0890 e. The molecule has 0 aromatic rings. The summed E-state index contributed by atoms with van der Waals surface area (Å²) in [5.74, 6) is 0.788. The number of rotatable bonds is 4. The third kappa shape index (κ3) is 3.92. The Morgan fingerprint density at radius 3 is 1.42 bits per heavy atom. The van der Waals surface area contributed by atoms with Gasteiger partial charge in [0.1, 0.15) is 0 Å². The van der Waals surface area contributed by atoms with Gasteiger partial charge >= 0.3 is 0 Å². The fourth-order valence-electron chi connectivity index (χ4n) is 5.03. The molecule has 4 aliphatic rings. The van der Waals surface area contributed by atoms with E-state index in [1.54, 1.807) is 12.2 Å². The standard InChI is InChI=1S/2C12H18O/c2*1-2-12(13)9-8-11(12)10-6-4-3-5-7-10/h2*2,6,11,13H,1,3-5,7-9H2/t2*11-,12-/m10/s1. The molecule has 2 nitrogen and oxygen atoms in total. The van der Waals surface area contributed by atoms with Crippen LogP contribution in [0.1, 0.15) is 77.0 Å². The van der Waals surface area contributed by atoms with Crippen molar-refractivity contribution >= 4 is 0 Å². The molecule has 4 aliphatic carbocycles. The SMILES string of the molecule is C=C[C@@]1(O)CC[C@@H]1C1=CCCCC1.C=C[C@]1(O)CC[C@H]1C1=CCCCC1. The summed E-state index contributed by atoms with van der Waals surface area (Å²) >= 11 is 0. The summed E-state index contributed by atoms with van der Waals surface area (Å²) in [4.78, 5) is 0. The lowest BCUT2D eigenvalue weighted by atomic mass is 9.64. The van der Waals surface area contributed by atoms with E-state index >= 15 is 0 Å². The highest BCUT2D eigenvalue weighted by Gasteiger charge is 2.45. The Bertz CT molecular complexity index is 535. The smallest absolute Gasteiger partial charge is 0.0890 e. The van der Waals surface area contributed by atoms with Gasteiger partial charge in [-0.2, -0.15) is 0 Å². The molecule has 0 bridgehead atoms. The Labute approximate surface area is 159 Å². The highest BCUT2D eigenvalue weighted by Crippen LogP contribution is 2.47. The van der Waals surface area contributed by atoms with Crippen LogP contribution in [0.15, 0.2) is 48.6 Å². The van der Waals surface area contributed by atoms with E-state index in [1.807, 2.05) is 0 Å². The van der Waals surface area contributed by atoms with E-state index in [1.165, 1.54) is 62.5 Å². The van der Waals surface area contributed by atoms with Gasteiger partial charge in [0, 0.05) is 11.8 Å². The lowest BCUT2D eigenvalue weighted by Gasteiger charge is -2.45. The van der Waals surface area contributed by atoms with Gasteiger partial charge in [0.05, 0.1) is 11.2 Å². The van der Waals surface area contributed by atoms with E-state index in [2.05, 4.69) is 25.3 Å². The quantitative estimate of drug-likeness (QED) is 0.641. The second-order valence-electron chi connectivity index (χ2n) is 8.62. The molecule has 2 saturated carbocycles. The Morgan fingerprint density at radius 2 is 1.19 bits per heavy atom. The van der Waals surface area contributed by atoms with Crippen molar-refractivity contribution in [1.82, 2.24) is 0 Å². The van der Waals surface area contributed by atoms with Crippen LogP contribution in [0.25, 0.3) is 0 Å². The van der Waals surface area contributed by atoms with Gasteiger partial charge in [-0.3, -0.25) is 0 Å². The summed E-state index contributed by atoms with van der Waals surface area (Å²) in [7, 11) is 0. The molecule has 0 heterocycles. The minimum absolute atomic E-state index is 0.394. The lowest BCUT2D eigenvalue weighted by Crippen LogP contribution is -2.46. The Hall–Kier alpha value is -1.12. The summed E-state index contributed by atoms with van der Waals surface area (Å²) in [5.41, 5.74) is 1.84. The van der Waals surface area contributed by atoms with Gasteiger partial charge in [0.25, 0.3) is 0 Å². The Morgan fingerprint density at radius 1 is 0.769 bits per heavy atom. The molecule has 2 heteroatoms. The van der Waals surface area contributed by atoms with Crippen molar-refractivity contribution in [3.05, 3.63) is 48.6 Å². The van der Waals surface area contributed by atoms with Crippen molar-refractivity contribution in [2.75, 3.05) is 0 Å². The first kappa shape index (κ1) is 19.6. The number of hydrogen-bond acceptors (Lipinski definition) is 2. The summed E-state index contributed by atoms with van der Waals surface area (Å²) in [6.45, 7) is 7.44. The second-order valence-corrected chi connectivity index (χ2v) is 8.62. The maximum atomic E-state index is 10.1. The molecule has 144 valence electrons. The normalized spacial score (nSPS) is 39.2. The molecular formula is C24H36O2. The van der Waals surface area contributed by atoms with Crippen LogP contribution in [0, 0.1) is 11.8 Å². The van der Waals surface area contributed by atoms with Gasteiger partial charge in [-0.15, -0.1) is 13.2 Å². The molecule has 0 amide bonds. The van der Waals surface area contributed by atoms with E-state index in [4.69, 9.17) is 0 Å². The first-order chi connectivity index (χ1) is 12.5. The summed E-state index contributed by atoms with van der Waals surface area (Å²) in [6.07, 6.45) is 22.3. The maximum absolute atomic E-state index is 10.1. The molecule has 0 saturated heterocycles. The van der Waals surface area contributed by atoms with E-state index in [-0.39, 0.29) is 0 Å². The first-order valence-corrected chi connectivity index (χ1v) is 10.6. The molecule has 0 aliphatic heterocycles. The Balaban J connectivity index is 0.000000151. The molecule has 0 unspecified atom stereocenters. The van der Waals surface area contributed by atoms with Crippen LogP contribution in [0.2, 0.25) is 0 Å². The Kier molecular flexibility index (Phi) is 6.25. The molecule has 2 N–H and O–H groups in total. The van der Waals surface area contributed by atoms with Crippen LogP contribution in [0.3, 0.4) is 0 Å². The molecule has 0 aromatic carbocycles. The molecule has 4 atom stereocenters. The lowest BCUT2D eigenvalue weighted by molar-refractivity contribution is -0.0355. The van der Waals surface area contributed by atoms with Crippen molar-refractivity contribution in [3.8, 4) is 0 Å². The van der Waals surface area contributed by atoms with Gasteiger partial charge in [-0.25, -0.2) is 0 Å². The van der Waals surface area contributed by atoms with Crippen LogP contribution < -0.4 is 0 Å². The van der Waals surface area contributed by atoms with Crippen LogP contribution in [0.4, 0.5) is 0 Å². The molecule has 0 radical (unpaired) electrons. The average Bonchev–Trinajstić information content (AvgIpc) is 2.67. The van der Waals surface area contributed by atoms with Crippen LogP contribution in [0.5, 0.6) is 0 Å². The molecule has 4 rings (SSSR count). The van der Waals surface area contributed by atoms with E-state index in [0.717, 1.165) is 25.7 Å². The van der Waals surface area contributed by atoms with Gasteiger partial charge in [-0.05, 0) is 77.0 Å². The molecule has 0 aromatic heterocycles. The predicted molar refractivity (Wildman–Crippen MR) is 109 cm³/mol. The number of hydrogen-bond donors (Lipinski definition) is 2. The monoisotopic (exact) mass is 356 g/mol. The van der Waals surface area contributed by atoms with Crippen molar-refractivity contribution in [2.45, 2.75) is 88.3 Å².